The van der Waals surface area contributed by atoms with E-state index >= 15 is 0 Å². The van der Waals surface area contributed by atoms with Gasteiger partial charge in [-0.1, -0.05) is 20.3 Å². The molecule has 0 spiro atoms. The summed E-state index contributed by atoms with van der Waals surface area (Å²) in [5.41, 5.74) is 3.84. The maximum Gasteiger partial charge on any atom is 0.326 e. The van der Waals surface area contributed by atoms with Gasteiger partial charge in [0.05, 0.1) is 15.9 Å². The summed E-state index contributed by atoms with van der Waals surface area (Å²) in [4.78, 5) is 31.4. The van der Waals surface area contributed by atoms with Gasteiger partial charge in [0.25, 0.3) is 11.4 Å². The molecule has 2 unspecified atom stereocenters. The second-order valence-electron chi connectivity index (χ2n) is 4.79. The minimum Gasteiger partial charge on any atom is -0.480 e. The number of nitro benzene ring substituents is 2. The second kappa shape index (κ2) is 6.70. The van der Waals surface area contributed by atoms with Crippen LogP contribution >= 0.6 is 0 Å². The second-order valence-corrected chi connectivity index (χ2v) is 4.79. The molecule has 1 rings (SSSR count). The number of nitrogens with one attached hydrogen (secondary N) is 1. The fourth-order valence-electron chi connectivity index (χ4n) is 1.87. The van der Waals surface area contributed by atoms with Gasteiger partial charge in [0.1, 0.15) is 17.4 Å². The summed E-state index contributed by atoms with van der Waals surface area (Å²) >= 11 is 0. The molecule has 0 aromatic heterocycles. The number of aliphatic carboxylic acids is 1. The van der Waals surface area contributed by atoms with Crippen molar-refractivity contribution in [3.05, 3.63) is 32.4 Å². The Morgan fingerprint density at radius 3 is 2.27 bits per heavy atom. The molecule has 0 aliphatic carbocycles. The van der Waals surface area contributed by atoms with Crippen molar-refractivity contribution in [3.8, 4) is 0 Å². The smallest absolute Gasteiger partial charge is 0.326 e. The van der Waals surface area contributed by atoms with E-state index in [0.717, 1.165) is 6.07 Å². The van der Waals surface area contributed by atoms with Gasteiger partial charge in [-0.15, -0.1) is 0 Å². The third-order valence-corrected chi connectivity index (χ3v) is 3.33. The Hall–Kier alpha value is -2.91. The predicted octanol–water partition coefficient (Wildman–Crippen LogP) is 2.00. The van der Waals surface area contributed by atoms with Gasteiger partial charge in [-0.3, -0.25) is 20.2 Å². The Bertz CT molecular complexity index is 618. The number of carboxylic acids is 1. The van der Waals surface area contributed by atoms with E-state index in [9.17, 15) is 30.1 Å². The van der Waals surface area contributed by atoms with Crippen molar-refractivity contribution in [2.45, 2.75) is 26.3 Å². The number of hydrogen-bond acceptors (Lipinski definition) is 7. The molecule has 2 atom stereocenters. The van der Waals surface area contributed by atoms with Crippen LogP contribution in [0.3, 0.4) is 0 Å². The number of hydrogen-bond donors (Lipinski definition) is 3. The van der Waals surface area contributed by atoms with Gasteiger partial charge >= 0.3 is 5.97 Å². The summed E-state index contributed by atoms with van der Waals surface area (Å²) in [6.07, 6.45) is 0.528. The number of nitrogens with two attached hydrogens (primary N) is 1. The number of carbonyl (C=O) groups is 1. The minimum atomic E-state index is -1.18. The minimum absolute atomic E-state index is 0.166. The first-order valence-electron chi connectivity index (χ1n) is 6.40. The van der Waals surface area contributed by atoms with Crippen molar-refractivity contribution in [2.75, 3.05) is 11.1 Å². The van der Waals surface area contributed by atoms with Crippen LogP contribution in [0.4, 0.5) is 22.7 Å². The van der Waals surface area contributed by atoms with Crippen LogP contribution in [0, 0.1) is 26.1 Å². The van der Waals surface area contributed by atoms with Crippen molar-refractivity contribution in [1.29, 1.82) is 0 Å². The van der Waals surface area contributed by atoms with E-state index < -0.39 is 33.2 Å². The summed E-state index contributed by atoms with van der Waals surface area (Å²) in [7, 11) is 0. The van der Waals surface area contributed by atoms with Crippen LogP contribution in [0.2, 0.25) is 0 Å². The molecule has 1 aromatic carbocycles. The van der Waals surface area contributed by atoms with E-state index in [0.29, 0.717) is 12.5 Å². The average Bonchev–Trinajstić information content (AvgIpc) is 2.42. The zero-order chi connectivity index (χ0) is 17.0. The normalized spacial score (nSPS) is 13.2. The molecule has 120 valence electrons. The lowest BCUT2D eigenvalue weighted by atomic mass is 9.99. The van der Waals surface area contributed by atoms with Crippen LogP contribution in [-0.2, 0) is 4.79 Å². The molecule has 0 aliphatic rings. The summed E-state index contributed by atoms with van der Waals surface area (Å²) in [5, 5.41) is 33.6. The van der Waals surface area contributed by atoms with E-state index in [4.69, 9.17) is 5.73 Å². The average molecular weight is 312 g/mol. The molecule has 10 nitrogen and oxygen atoms in total. The molecule has 0 fully saturated rings. The lowest BCUT2D eigenvalue weighted by Gasteiger charge is -2.21. The maximum atomic E-state index is 11.3. The van der Waals surface area contributed by atoms with E-state index in [2.05, 4.69) is 5.32 Å². The fraction of sp³-hybridized carbons (Fsp3) is 0.417. The highest BCUT2D eigenvalue weighted by Gasteiger charge is 2.29. The molecule has 0 aliphatic heterocycles. The van der Waals surface area contributed by atoms with Gasteiger partial charge in [0, 0.05) is 0 Å². The Morgan fingerprint density at radius 1 is 1.32 bits per heavy atom. The zero-order valence-electron chi connectivity index (χ0n) is 12.0. The molecular weight excluding hydrogens is 296 g/mol. The molecule has 0 heterocycles. The van der Waals surface area contributed by atoms with Gasteiger partial charge in [-0.2, -0.15) is 0 Å². The number of rotatable bonds is 7. The van der Waals surface area contributed by atoms with Crippen LogP contribution in [0.25, 0.3) is 0 Å². The number of benzene rings is 1. The number of carboxylic acid groups (broad SMARTS) is 1. The largest absolute Gasteiger partial charge is 0.480 e. The highest BCUT2D eigenvalue weighted by Crippen LogP contribution is 2.35. The van der Waals surface area contributed by atoms with Gasteiger partial charge < -0.3 is 16.2 Å². The van der Waals surface area contributed by atoms with Gasteiger partial charge in [-0.25, -0.2) is 4.79 Å². The van der Waals surface area contributed by atoms with E-state index in [1.807, 2.05) is 0 Å². The van der Waals surface area contributed by atoms with Gasteiger partial charge in [0.15, 0.2) is 0 Å². The molecule has 22 heavy (non-hydrogen) atoms. The van der Waals surface area contributed by atoms with Gasteiger partial charge in [-0.05, 0) is 12.0 Å². The van der Waals surface area contributed by atoms with Crippen LogP contribution in [0.5, 0.6) is 0 Å². The third kappa shape index (κ3) is 3.59. The van der Waals surface area contributed by atoms with E-state index in [-0.39, 0.29) is 17.3 Å². The van der Waals surface area contributed by atoms with Crippen molar-refractivity contribution in [1.82, 2.24) is 0 Å². The predicted molar refractivity (Wildman–Crippen MR) is 78.7 cm³/mol. The molecule has 0 radical (unpaired) electrons. The molecule has 0 saturated heterocycles. The van der Waals surface area contributed by atoms with Crippen molar-refractivity contribution in [2.24, 2.45) is 5.92 Å². The molecule has 0 saturated carbocycles. The molecule has 0 amide bonds. The highest BCUT2D eigenvalue weighted by atomic mass is 16.6. The fourth-order valence-corrected chi connectivity index (χ4v) is 1.87. The van der Waals surface area contributed by atoms with Crippen LogP contribution < -0.4 is 11.1 Å². The first kappa shape index (κ1) is 17.1. The quantitative estimate of drug-likeness (QED) is 0.391. The molecule has 1 aromatic rings. The third-order valence-electron chi connectivity index (χ3n) is 3.33. The zero-order valence-corrected chi connectivity index (χ0v) is 12.0. The Balaban J connectivity index is 3.34. The molecular formula is C12H16N4O6. The summed E-state index contributed by atoms with van der Waals surface area (Å²) in [6, 6.07) is 0.645. The standard InChI is InChI=1S/C12H16N4O6/c1-3-6(2)11(12(17)18)14-8-4-7(13)9(15(19)20)5-10(8)16(21)22/h4-6,11,14H,3,13H2,1-2H3,(H,17,18). The van der Waals surface area contributed by atoms with Gasteiger partial charge in [0.2, 0.25) is 0 Å². The van der Waals surface area contributed by atoms with Crippen LogP contribution in [-0.4, -0.2) is 27.0 Å². The Morgan fingerprint density at radius 2 is 1.86 bits per heavy atom. The monoisotopic (exact) mass is 312 g/mol. The Kier molecular flexibility index (Phi) is 5.22. The lowest BCUT2D eigenvalue weighted by molar-refractivity contribution is -0.393. The topological polar surface area (TPSA) is 162 Å². The number of nitrogen functional groups attached to an aromatic ring is 1. The van der Waals surface area contributed by atoms with Crippen molar-refractivity contribution in [3.63, 3.8) is 0 Å². The summed E-state index contributed by atoms with van der Waals surface area (Å²) in [5.74, 6) is -1.49. The summed E-state index contributed by atoms with van der Waals surface area (Å²) < 4.78 is 0. The molecule has 4 N–H and O–H groups in total. The first-order valence-corrected chi connectivity index (χ1v) is 6.40. The van der Waals surface area contributed by atoms with E-state index in [1.165, 1.54) is 0 Å². The van der Waals surface area contributed by atoms with E-state index in [1.54, 1.807) is 13.8 Å². The van der Waals surface area contributed by atoms with Crippen LogP contribution in [0.1, 0.15) is 20.3 Å². The van der Waals surface area contributed by atoms with Crippen molar-refractivity contribution < 1.29 is 19.7 Å². The van der Waals surface area contributed by atoms with Crippen molar-refractivity contribution >= 4 is 28.7 Å². The molecule has 10 heteroatoms. The Labute approximate surface area is 125 Å². The highest BCUT2D eigenvalue weighted by molar-refractivity contribution is 5.82. The first-order chi connectivity index (χ1) is 10.2. The summed E-state index contributed by atoms with van der Waals surface area (Å²) in [6.45, 7) is 3.45. The number of anilines is 2. The molecule has 0 bridgehead atoms. The number of nitrogens with zero attached hydrogens (tertiary/aromatic N) is 2. The van der Waals surface area contributed by atoms with Crippen LogP contribution in [0.15, 0.2) is 12.1 Å². The lowest BCUT2D eigenvalue weighted by Crippen LogP contribution is -2.35. The maximum absolute atomic E-state index is 11.3. The number of nitro groups is 2. The SMILES string of the molecule is CCC(C)C(Nc1cc(N)c([N+](=O)[O-])cc1[N+](=O)[O-])C(=O)O.